The van der Waals surface area contributed by atoms with Gasteiger partial charge in [0.1, 0.15) is 11.2 Å². The molecule has 2 amide bonds. The number of rotatable bonds is 3. The molecule has 0 bridgehead atoms. The van der Waals surface area contributed by atoms with E-state index in [2.05, 4.69) is 5.32 Å². The minimum absolute atomic E-state index is 0.0446. The van der Waals surface area contributed by atoms with Crippen LogP contribution in [0.1, 0.15) is 30.5 Å². The molecule has 6 heteroatoms. The highest BCUT2D eigenvalue weighted by atomic mass is 16.5. The van der Waals surface area contributed by atoms with Crippen LogP contribution in [0.5, 0.6) is 5.75 Å². The number of carbonyl (C=O) groups is 2. The van der Waals surface area contributed by atoms with Crippen LogP contribution in [0.4, 0.5) is 5.69 Å². The zero-order valence-corrected chi connectivity index (χ0v) is 16.6. The molecule has 3 heterocycles. The summed E-state index contributed by atoms with van der Waals surface area (Å²) in [6.45, 7) is 3.30. The number of fused-ring (bicyclic) bond motifs is 2. The number of nitrogens with one attached hydrogen (secondary N) is 1. The molecule has 0 unspecified atom stereocenters. The number of hydrogen-bond donors (Lipinski definition) is 1. The van der Waals surface area contributed by atoms with Crippen LogP contribution in [0, 0.1) is 5.41 Å². The van der Waals surface area contributed by atoms with Gasteiger partial charge >= 0.3 is 0 Å². The number of methoxy groups -OCH3 is 1. The second-order valence-electron chi connectivity index (χ2n) is 8.45. The van der Waals surface area contributed by atoms with Gasteiger partial charge in [0.2, 0.25) is 11.8 Å². The van der Waals surface area contributed by atoms with Crippen LogP contribution >= 0.6 is 0 Å². The van der Waals surface area contributed by atoms with Crippen molar-refractivity contribution in [2.24, 2.45) is 5.41 Å². The van der Waals surface area contributed by atoms with Gasteiger partial charge in [-0.25, -0.2) is 0 Å². The predicted octanol–water partition coefficient (Wildman–Crippen LogP) is 2.90. The molecule has 3 aliphatic rings. The maximum atomic E-state index is 13.5. The topological polar surface area (TPSA) is 67.9 Å². The minimum atomic E-state index is -0.806. The molecule has 0 radical (unpaired) electrons. The normalized spacial score (nSPS) is 26.8. The number of benzene rings is 2. The quantitative estimate of drug-likeness (QED) is 0.872. The number of nitrogens with zero attached hydrogens (tertiary/aromatic N) is 1. The van der Waals surface area contributed by atoms with Gasteiger partial charge in [-0.15, -0.1) is 0 Å². The number of amides is 2. The van der Waals surface area contributed by atoms with E-state index in [0.717, 1.165) is 16.8 Å². The molecule has 2 aromatic rings. The zero-order chi connectivity index (χ0) is 20.2. The Morgan fingerprint density at radius 2 is 2.00 bits per heavy atom. The van der Waals surface area contributed by atoms with Gasteiger partial charge in [-0.3, -0.25) is 9.59 Å². The van der Waals surface area contributed by atoms with E-state index in [9.17, 15) is 9.59 Å². The van der Waals surface area contributed by atoms with E-state index in [4.69, 9.17) is 9.47 Å². The predicted molar refractivity (Wildman–Crippen MR) is 108 cm³/mol. The van der Waals surface area contributed by atoms with E-state index in [1.54, 1.807) is 7.11 Å². The summed E-state index contributed by atoms with van der Waals surface area (Å²) >= 11 is 0. The Morgan fingerprint density at radius 1 is 1.21 bits per heavy atom. The SMILES string of the molecule is COc1cccc([C@@H]2N(C(=O)C3(C)COC3)CC[C@]23C(=O)Nc2ccccc23)c1. The number of para-hydroxylation sites is 1. The number of hydrogen-bond acceptors (Lipinski definition) is 4. The fourth-order valence-electron chi connectivity index (χ4n) is 5.06. The van der Waals surface area contributed by atoms with Gasteiger partial charge in [0.05, 0.1) is 31.8 Å². The van der Waals surface area contributed by atoms with Crippen LogP contribution in [0.2, 0.25) is 0 Å². The summed E-state index contributed by atoms with van der Waals surface area (Å²) in [5, 5.41) is 3.05. The molecular weight excluding hydrogens is 368 g/mol. The van der Waals surface area contributed by atoms with Crippen LogP contribution in [0.15, 0.2) is 48.5 Å². The first-order chi connectivity index (χ1) is 14.0. The van der Waals surface area contributed by atoms with Gasteiger partial charge in [0.25, 0.3) is 0 Å². The summed E-state index contributed by atoms with van der Waals surface area (Å²) in [7, 11) is 1.62. The summed E-state index contributed by atoms with van der Waals surface area (Å²) in [6.07, 6.45) is 0.584. The van der Waals surface area contributed by atoms with Crippen molar-refractivity contribution in [2.45, 2.75) is 24.8 Å². The molecule has 1 spiro atoms. The summed E-state index contributed by atoms with van der Waals surface area (Å²) in [4.78, 5) is 28.8. The molecule has 3 aliphatic heterocycles. The lowest BCUT2D eigenvalue weighted by Crippen LogP contribution is -2.54. The maximum Gasteiger partial charge on any atom is 0.237 e. The molecule has 2 fully saturated rings. The van der Waals surface area contributed by atoms with Crippen molar-refractivity contribution >= 4 is 17.5 Å². The van der Waals surface area contributed by atoms with E-state index in [1.807, 2.05) is 60.4 Å². The average molecular weight is 392 g/mol. The van der Waals surface area contributed by atoms with Crippen LogP contribution in [-0.4, -0.2) is 43.6 Å². The molecule has 2 aromatic carbocycles. The summed E-state index contributed by atoms with van der Waals surface area (Å²) in [5.41, 5.74) is 1.36. The highest BCUT2D eigenvalue weighted by Gasteiger charge is 2.61. The maximum absolute atomic E-state index is 13.5. The highest BCUT2D eigenvalue weighted by molar-refractivity contribution is 6.08. The number of anilines is 1. The van der Waals surface area contributed by atoms with Crippen LogP contribution < -0.4 is 10.1 Å². The van der Waals surface area contributed by atoms with Crippen LogP contribution in [0.3, 0.4) is 0 Å². The van der Waals surface area contributed by atoms with Crippen molar-refractivity contribution < 1.29 is 19.1 Å². The van der Waals surface area contributed by atoms with E-state index < -0.39 is 16.9 Å². The van der Waals surface area contributed by atoms with Crippen molar-refractivity contribution in [3.63, 3.8) is 0 Å². The molecule has 0 aliphatic carbocycles. The van der Waals surface area contributed by atoms with E-state index in [-0.39, 0.29) is 11.8 Å². The van der Waals surface area contributed by atoms with Crippen molar-refractivity contribution in [2.75, 3.05) is 32.2 Å². The number of carbonyl (C=O) groups excluding carboxylic acids is 2. The number of likely N-dealkylation sites (tertiary alicyclic amines) is 1. The lowest BCUT2D eigenvalue weighted by molar-refractivity contribution is -0.170. The average Bonchev–Trinajstić information content (AvgIpc) is 3.25. The fourth-order valence-corrected chi connectivity index (χ4v) is 5.06. The molecule has 150 valence electrons. The molecule has 29 heavy (non-hydrogen) atoms. The van der Waals surface area contributed by atoms with Gasteiger partial charge in [-0.2, -0.15) is 0 Å². The monoisotopic (exact) mass is 392 g/mol. The first-order valence-electron chi connectivity index (χ1n) is 9.93. The second-order valence-corrected chi connectivity index (χ2v) is 8.45. The third kappa shape index (κ3) is 2.45. The Bertz CT molecular complexity index is 1000. The van der Waals surface area contributed by atoms with Gasteiger partial charge in [-0.05, 0) is 42.7 Å². The molecule has 5 rings (SSSR count). The minimum Gasteiger partial charge on any atom is -0.497 e. The smallest absolute Gasteiger partial charge is 0.237 e. The highest BCUT2D eigenvalue weighted by Crippen LogP contribution is 2.55. The first-order valence-corrected chi connectivity index (χ1v) is 9.93. The van der Waals surface area contributed by atoms with Crippen molar-refractivity contribution in [3.05, 3.63) is 59.7 Å². The van der Waals surface area contributed by atoms with Crippen LogP contribution in [0.25, 0.3) is 0 Å². The Morgan fingerprint density at radius 3 is 2.72 bits per heavy atom. The fraction of sp³-hybridized carbons (Fsp3) is 0.391. The molecular formula is C23H24N2O4. The van der Waals surface area contributed by atoms with Crippen molar-refractivity contribution in [1.29, 1.82) is 0 Å². The Labute approximate surface area is 169 Å². The Kier molecular flexibility index (Phi) is 3.96. The molecule has 0 aromatic heterocycles. The zero-order valence-electron chi connectivity index (χ0n) is 16.6. The van der Waals surface area contributed by atoms with E-state index in [0.29, 0.717) is 31.9 Å². The van der Waals surface area contributed by atoms with Gasteiger partial charge in [0.15, 0.2) is 0 Å². The largest absolute Gasteiger partial charge is 0.497 e. The lowest BCUT2D eigenvalue weighted by atomic mass is 9.72. The Hall–Kier alpha value is -2.86. The number of ether oxygens (including phenoxy) is 2. The molecule has 1 N–H and O–H groups in total. The third-order valence-electron chi connectivity index (χ3n) is 6.61. The lowest BCUT2D eigenvalue weighted by Gasteiger charge is -2.42. The summed E-state index contributed by atoms with van der Waals surface area (Å²) in [6, 6.07) is 15.1. The van der Waals surface area contributed by atoms with Crippen molar-refractivity contribution in [3.8, 4) is 5.75 Å². The molecule has 2 atom stereocenters. The summed E-state index contributed by atoms with van der Waals surface area (Å²) < 4.78 is 10.8. The Balaban J connectivity index is 1.67. The molecule has 2 saturated heterocycles. The van der Waals surface area contributed by atoms with Gasteiger partial charge < -0.3 is 19.7 Å². The third-order valence-corrected chi connectivity index (χ3v) is 6.61. The molecule has 0 saturated carbocycles. The molecule has 6 nitrogen and oxygen atoms in total. The van der Waals surface area contributed by atoms with E-state index >= 15 is 0 Å². The van der Waals surface area contributed by atoms with Gasteiger partial charge in [0, 0.05) is 12.2 Å². The summed E-state index contributed by atoms with van der Waals surface area (Å²) in [5.74, 6) is 0.712. The standard InChI is InChI=1S/C23H24N2O4/c1-22(13-29-14-22)21(27)25-11-10-23(17-8-3-4-9-18(17)24-20(23)26)19(25)15-6-5-7-16(12-15)28-2/h3-9,12,19H,10-11,13-14H2,1-2H3,(H,24,26)/t19-,23+/m0/s1. The van der Waals surface area contributed by atoms with Crippen LogP contribution in [-0.2, 0) is 19.7 Å². The van der Waals surface area contributed by atoms with Crippen molar-refractivity contribution in [1.82, 2.24) is 4.90 Å². The first kappa shape index (κ1) is 18.2. The second kappa shape index (κ2) is 6.32. The van der Waals surface area contributed by atoms with Gasteiger partial charge in [-0.1, -0.05) is 30.3 Å². The van der Waals surface area contributed by atoms with E-state index in [1.165, 1.54) is 0 Å².